The third-order valence-corrected chi connectivity index (χ3v) is 7.89. The molecule has 0 radical (unpaired) electrons. The van der Waals surface area contributed by atoms with Gasteiger partial charge in [0.05, 0.1) is 10.8 Å². The third-order valence-electron chi connectivity index (χ3n) is 4.31. The Morgan fingerprint density at radius 1 is 0.893 bits per heavy atom. The first-order valence-corrected chi connectivity index (χ1v) is 10.9. The van der Waals surface area contributed by atoms with E-state index in [4.69, 9.17) is 9.29 Å². The van der Waals surface area contributed by atoms with Crippen LogP contribution in [0.2, 0.25) is 0 Å². The highest BCUT2D eigenvalue weighted by Gasteiger charge is 2.47. The van der Waals surface area contributed by atoms with Gasteiger partial charge in [0, 0.05) is 10.5 Å². The van der Waals surface area contributed by atoms with E-state index in [1.165, 1.54) is 6.07 Å². The maximum absolute atomic E-state index is 13.6. The molecule has 1 heterocycles. The zero-order chi connectivity index (χ0) is 19.9. The van der Waals surface area contributed by atoms with E-state index >= 15 is 0 Å². The molecule has 4 rings (SSSR count). The molecule has 1 unspecified atom stereocenters. The maximum Gasteiger partial charge on any atom is 0.402 e. The standard InChI is InChI=1S/C20H15F2O4S2/c21-20(22,13-23)28(24,25)26-16-10-6-12-18-19(16)15-9-4-5-11-17(15)27(18)14-7-2-1-3-8-14/h1-12,23H,13H2/q+1. The number of rotatable bonds is 5. The molecule has 0 spiro atoms. The SMILES string of the molecule is O=S(=O)(Oc1cccc2c1c1ccccc1[s+]2-c1ccccc1)C(F)(F)CO. The smallest absolute Gasteiger partial charge is 0.389 e. The topological polar surface area (TPSA) is 63.6 Å². The Labute approximate surface area is 162 Å². The second-order valence-corrected chi connectivity index (χ2v) is 9.71. The Balaban J connectivity index is 2.02. The van der Waals surface area contributed by atoms with Gasteiger partial charge < -0.3 is 9.29 Å². The Morgan fingerprint density at radius 3 is 2.25 bits per heavy atom. The van der Waals surface area contributed by atoms with Gasteiger partial charge in [-0.2, -0.15) is 17.2 Å². The van der Waals surface area contributed by atoms with E-state index in [1.54, 1.807) is 12.1 Å². The van der Waals surface area contributed by atoms with Crippen LogP contribution in [-0.4, -0.2) is 25.4 Å². The van der Waals surface area contributed by atoms with E-state index in [9.17, 15) is 17.2 Å². The van der Waals surface area contributed by atoms with Crippen molar-refractivity contribution in [2.24, 2.45) is 0 Å². The highest BCUT2D eigenvalue weighted by Crippen LogP contribution is 2.51. The summed E-state index contributed by atoms with van der Waals surface area (Å²) in [4.78, 5) is 1.02. The Bertz CT molecular complexity index is 1270. The first kappa shape index (κ1) is 18.8. The summed E-state index contributed by atoms with van der Waals surface area (Å²) in [5, 5.41) is 5.56. The van der Waals surface area contributed by atoms with Gasteiger partial charge in [0.2, 0.25) is 0 Å². The van der Waals surface area contributed by atoms with Gasteiger partial charge in [-0.25, -0.2) is 0 Å². The fourth-order valence-electron chi connectivity index (χ4n) is 3.05. The van der Waals surface area contributed by atoms with Crippen LogP contribution in [-0.2, 0) is 10.1 Å². The predicted octanol–water partition coefficient (Wildman–Crippen LogP) is 5.03. The van der Waals surface area contributed by atoms with Gasteiger partial charge in [-0.3, -0.25) is 0 Å². The number of hydrogen-bond donors (Lipinski definition) is 1. The minimum Gasteiger partial charge on any atom is -0.389 e. The molecule has 144 valence electrons. The first-order chi connectivity index (χ1) is 13.4. The zero-order valence-electron chi connectivity index (χ0n) is 14.4. The number of hydrogen-bond acceptors (Lipinski definition) is 4. The van der Waals surface area contributed by atoms with Gasteiger partial charge in [0.1, 0.15) is 6.61 Å². The van der Waals surface area contributed by atoms with Gasteiger partial charge >= 0.3 is 15.4 Å². The average molecular weight is 421 g/mol. The molecule has 0 saturated heterocycles. The van der Waals surface area contributed by atoms with Crippen molar-refractivity contribution >= 4 is 40.8 Å². The number of aliphatic hydroxyl groups is 1. The molecule has 0 aliphatic carbocycles. The van der Waals surface area contributed by atoms with Crippen LogP contribution in [0.5, 0.6) is 5.75 Å². The van der Waals surface area contributed by atoms with Crippen molar-refractivity contribution in [3.05, 3.63) is 72.8 Å². The van der Waals surface area contributed by atoms with E-state index in [0.29, 0.717) is 5.39 Å². The molecule has 3 aromatic carbocycles. The zero-order valence-corrected chi connectivity index (χ0v) is 16.0. The second-order valence-electron chi connectivity index (χ2n) is 6.08. The molecule has 0 saturated carbocycles. The highest BCUT2D eigenvalue weighted by atomic mass is 32.2. The fourth-order valence-corrected chi connectivity index (χ4v) is 6.12. The lowest BCUT2D eigenvalue weighted by molar-refractivity contribution is 0.0198. The molecule has 0 bridgehead atoms. The van der Waals surface area contributed by atoms with Gasteiger partial charge in [0.25, 0.3) is 0 Å². The summed E-state index contributed by atoms with van der Waals surface area (Å²) in [7, 11) is -5.86. The molecular weight excluding hydrogens is 406 g/mol. The van der Waals surface area contributed by atoms with Crippen molar-refractivity contribution < 1.29 is 26.5 Å². The van der Waals surface area contributed by atoms with Crippen molar-refractivity contribution in [2.45, 2.75) is 5.25 Å². The Morgan fingerprint density at radius 2 is 1.54 bits per heavy atom. The summed E-state index contributed by atoms with van der Waals surface area (Å²) < 4.78 is 57.8. The van der Waals surface area contributed by atoms with E-state index in [0.717, 1.165) is 19.7 Å². The van der Waals surface area contributed by atoms with E-state index < -0.39 is 32.4 Å². The second kappa shape index (κ2) is 6.80. The molecule has 0 aliphatic rings. The minimum atomic E-state index is -5.35. The van der Waals surface area contributed by atoms with Gasteiger partial charge in [-0.05, 0) is 36.4 Å². The van der Waals surface area contributed by atoms with Crippen molar-refractivity contribution in [3.8, 4) is 10.6 Å². The van der Waals surface area contributed by atoms with Gasteiger partial charge in [-0.15, -0.1) is 0 Å². The summed E-state index contributed by atoms with van der Waals surface area (Å²) in [6.45, 7) is -1.85. The Kier molecular flexibility index (Phi) is 4.57. The normalized spacial score (nSPS) is 13.2. The summed E-state index contributed by atoms with van der Waals surface area (Å²) in [5.74, 6) is -0.177. The highest BCUT2D eigenvalue weighted by molar-refractivity contribution is 7.88. The predicted molar refractivity (Wildman–Crippen MR) is 107 cm³/mol. The number of aliphatic hydroxyl groups excluding tert-OH is 1. The summed E-state index contributed by atoms with van der Waals surface area (Å²) in [6.07, 6.45) is 0. The van der Waals surface area contributed by atoms with Crippen LogP contribution in [0, 0.1) is 0 Å². The van der Waals surface area contributed by atoms with Crippen molar-refractivity contribution in [2.75, 3.05) is 6.61 Å². The molecule has 0 aliphatic heterocycles. The average Bonchev–Trinajstić information content (AvgIpc) is 3.03. The van der Waals surface area contributed by atoms with E-state index in [1.807, 2.05) is 54.6 Å². The summed E-state index contributed by atoms with van der Waals surface area (Å²) >= 11 is 0. The van der Waals surface area contributed by atoms with Crippen LogP contribution in [0.15, 0.2) is 72.8 Å². The molecule has 0 fully saturated rings. The largest absolute Gasteiger partial charge is 0.402 e. The molecule has 4 nitrogen and oxygen atoms in total. The number of thiophene rings is 1. The third kappa shape index (κ3) is 2.94. The molecule has 1 aromatic heterocycles. The monoisotopic (exact) mass is 421 g/mol. The lowest BCUT2D eigenvalue weighted by Crippen LogP contribution is -2.36. The van der Waals surface area contributed by atoms with Gasteiger partial charge in [0.15, 0.2) is 20.0 Å². The molecule has 28 heavy (non-hydrogen) atoms. The van der Waals surface area contributed by atoms with Crippen LogP contribution in [0.1, 0.15) is 0 Å². The quantitative estimate of drug-likeness (QED) is 0.363. The van der Waals surface area contributed by atoms with Crippen molar-refractivity contribution in [3.63, 3.8) is 0 Å². The number of alkyl halides is 2. The molecule has 1 N–H and O–H groups in total. The first-order valence-electron chi connectivity index (χ1n) is 8.30. The van der Waals surface area contributed by atoms with Crippen LogP contribution in [0.25, 0.3) is 25.1 Å². The molecule has 8 heteroatoms. The van der Waals surface area contributed by atoms with Crippen molar-refractivity contribution in [1.82, 2.24) is 0 Å². The lowest BCUT2D eigenvalue weighted by Gasteiger charge is -2.14. The molecule has 4 aromatic rings. The van der Waals surface area contributed by atoms with Crippen LogP contribution < -0.4 is 4.18 Å². The van der Waals surface area contributed by atoms with Crippen molar-refractivity contribution in [1.29, 1.82) is 0 Å². The van der Waals surface area contributed by atoms with Crippen LogP contribution in [0.3, 0.4) is 0 Å². The number of halogens is 2. The Hall–Kier alpha value is -2.55. The maximum atomic E-state index is 13.6. The number of benzene rings is 3. The molecular formula is C20H15F2O4S2+. The van der Waals surface area contributed by atoms with Crippen LogP contribution >= 0.6 is 10.5 Å². The minimum absolute atomic E-state index is 0.177. The van der Waals surface area contributed by atoms with E-state index in [-0.39, 0.29) is 5.75 Å². The van der Waals surface area contributed by atoms with Gasteiger partial charge in [-0.1, -0.05) is 36.4 Å². The van der Waals surface area contributed by atoms with E-state index in [2.05, 4.69) is 0 Å². The van der Waals surface area contributed by atoms with Crippen LogP contribution in [0.4, 0.5) is 8.78 Å². The molecule has 1 atom stereocenters. The summed E-state index contributed by atoms with van der Waals surface area (Å²) in [6, 6.07) is 21.9. The lowest BCUT2D eigenvalue weighted by atomic mass is 10.1. The number of fused-ring (bicyclic) bond motifs is 3. The fraction of sp³-hybridized carbons (Fsp3) is 0.100. The molecule has 0 amide bonds. The summed E-state index contributed by atoms with van der Waals surface area (Å²) in [5.41, 5.74) is 0.